The van der Waals surface area contributed by atoms with Crippen molar-refractivity contribution in [1.29, 1.82) is 0 Å². The van der Waals surface area contributed by atoms with Crippen LogP contribution in [0, 0.1) is 0 Å². The number of benzene rings is 1. The maximum Gasteiger partial charge on any atom is 0.330 e. The largest absolute Gasteiger partial charge is 0.463 e. The minimum absolute atomic E-state index is 0.302. The number of rotatable bonds is 6. The molecule has 1 aromatic heterocycles. The van der Waals surface area contributed by atoms with E-state index in [0.717, 1.165) is 23.1 Å². The first-order chi connectivity index (χ1) is 10.8. The van der Waals surface area contributed by atoms with Gasteiger partial charge in [-0.25, -0.2) is 4.79 Å². The molecule has 2 aromatic rings. The lowest BCUT2D eigenvalue weighted by molar-refractivity contribution is -0.137. The smallest absolute Gasteiger partial charge is 0.330 e. The zero-order valence-electron chi connectivity index (χ0n) is 12.6. The van der Waals surface area contributed by atoms with Gasteiger partial charge in [-0.1, -0.05) is 43.3 Å². The molecule has 0 aliphatic rings. The highest BCUT2D eigenvalue weighted by molar-refractivity contribution is 5.87. The first-order valence-corrected chi connectivity index (χ1v) is 7.31. The predicted molar refractivity (Wildman–Crippen MR) is 89.9 cm³/mol. The summed E-state index contributed by atoms with van der Waals surface area (Å²) >= 11 is 0. The molecular formula is C19H19NO2. The Kier molecular flexibility index (Phi) is 6.12. The normalized spacial score (nSPS) is 11.1. The molecule has 0 bridgehead atoms. The topological polar surface area (TPSA) is 39.2 Å². The standard InChI is InChI=1S/C19H19NO2/c1-2-15-22-19(21)10-9-17-5-3-16(4-6-17)7-8-18-11-13-20-14-12-18/h3-14H,2,15H2,1H3. The van der Waals surface area contributed by atoms with Crippen LogP contribution in [-0.4, -0.2) is 17.6 Å². The molecule has 1 heterocycles. The van der Waals surface area contributed by atoms with Crippen molar-refractivity contribution in [3.05, 3.63) is 71.6 Å². The molecule has 22 heavy (non-hydrogen) atoms. The van der Waals surface area contributed by atoms with Crippen LogP contribution in [0.25, 0.3) is 18.2 Å². The third-order valence-electron chi connectivity index (χ3n) is 2.97. The van der Waals surface area contributed by atoms with Gasteiger partial charge in [0.2, 0.25) is 0 Å². The van der Waals surface area contributed by atoms with E-state index in [1.54, 1.807) is 18.5 Å². The Labute approximate surface area is 131 Å². The fourth-order valence-corrected chi connectivity index (χ4v) is 1.80. The summed E-state index contributed by atoms with van der Waals surface area (Å²) in [5, 5.41) is 0. The van der Waals surface area contributed by atoms with E-state index in [-0.39, 0.29) is 5.97 Å². The zero-order valence-corrected chi connectivity index (χ0v) is 12.6. The highest BCUT2D eigenvalue weighted by Crippen LogP contribution is 2.10. The minimum Gasteiger partial charge on any atom is -0.463 e. The average Bonchev–Trinajstić information content (AvgIpc) is 2.58. The van der Waals surface area contributed by atoms with Gasteiger partial charge in [-0.2, -0.15) is 0 Å². The summed E-state index contributed by atoms with van der Waals surface area (Å²) < 4.78 is 4.98. The lowest BCUT2D eigenvalue weighted by atomic mass is 10.1. The monoisotopic (exact) mass is 293 g/mol. The lowest BCUT2D eigenvalue weighted by Crippen LogP contribution is -2.00. The van der Waals surface area contributed by atoms with Crippen molar-refractivity contribution in [2.24, 2.45) is 0 Å². The van der Waals surface area contributed by atoms with E-state index in [1.807, 2.05) is 55.5 Å². The Bertz CT molecular complexity index is 643. The second kappa shape index (κ2) is 8.57. The number of carbonyl (C=O) groups is 1. The number of nitrogens with zero attached hydrogens (tertiary/aromatic N) is 1. The highest BCUT2D eigenvalue weighted by Gasteiger charge is 1.95. The van der Waals surface area contributed by atoms with E-state index in [1.165, 1.54) is 6.08 Å². The van der Waals surface area contributed by atoms with E-state index in [4.69, 9.17) is 4.74 Å². The summed E-state index contributed by atoms with van der Waals surface area (Å²) in [7, 11) is 0. The molecule has 3 heteroatoms. The van der Waals surface area contributed by atoms with Gasteiger partial charge < -0.3 is 4.74 Å². The molecule has 0 radical (unpaired) electrons. The Morgan fingerprint density at radius 3 is 2.09 bits per heavy atom. The molecule has 0 fully saturated rings. The third-order valence-corrected chi connectivity index (χ3v) is 2.97. The molecule has 0 amide bonds. The second-order valence-electron chi connectivity index (χ2n) is 4.78. The predicted octanol–water partition coefficient (Wildman–Crippen LogP) is 4.22. The van der Waals surface area contributed by atoms with Gasteiger partial charge in [-0.3, -0.25) is 4.98 Å². The summed E-state index contributed by atoms with van der Waals surface area (Å²) in [6.45, 7) is 2.43. The van der Waals surface area contributed by atoms with Gasteiger partial charge in [0, 0.05) is 18.5 Å². The van der Waals surface area contributed by atoms with Gasteiger partial charge in [-0.05, 0) is 41.3 Å². The van der Waals surface area contributed by atoms with Crippen LogP contribution >= 0.6 is 0 Å². The van der Waals surface area contributed by atoms with Crippen LogP contribution in [0.1, 0.15) is 30.0 Å². The number of carbonyl (C=O) groups excluding carboxylic acids is 1. The van der Waals surface area contributed by atoms with Gasteiger partial charge in [0.15, 0.2) is 0 Å². The van der Waals surface area contributed by atoms with Crippen molar-refractivity contribution in [1.82, 2.24) is 4.98 Å². The fraction of sp³-hybridized carbons (Fsp3) is 0.158. The van der Waals surface area contributed by atoms with Crippen molar-refractivity contribution in [2.75, 3.05) is 6.61 Å². The number of ether oxygens (including phenoxy) is 1. The molecule has 0 atom stereocenters. The quantitative estimate of drug-likeness (QED) is 0.591. The first kappa shape index (κ1) is 15.7. The Hall–Kier alpha value is -2.68. The summed E-state index contributed by atoms with van der Waals surface area (Å²) in [5.74, 6) is -0.302. The number of hydrogen-bond donors (Lipinski definition) is 0. The second-order valence-corrected chi connectivity index (χ2v) is 4.78. The Morgan fingerprint density at radius 1 is 0.955 bits per heavy atom. The molecule has 0 aliphatic heterocycles. The molecule has 112 valence electrons. The van der Waals surface area contributed by atoms with Crippen LogP contribution in [0.5, 0.6) is 0 Å². The van der Waals surface area contributed by atoms with E-state index in [2.05, 4.69) is 4.98 Å². The van der Waals surface area contributed by atoms with Crippen LogP contribution < -0.4 is 0 Å². The molecule has 0 aliphatic carbocycles. The molecule has 0 N–H and O–H groups in total. The van der Waals surface area contributed by atoms with Crippen molar-refractivity contribution >= 4 is 24.2 Å². The number of hydrogen-bond acceptors (Lipinski definition) is 3. The number of esters is 1. The molecule has 1 aromatic carbocycles. The van der Waals surface area contributed by atoms with Crippen LogP contribution in [-0.2, 0) is 9.53 Å². The Balaban J connectivity index is 1.94. The van der Waals surface area contributed by atoms with Crippen molar-refractivity contribution in [3.8, 4) is 0 Å². The SMILES string of the molecule is CCCOC(=O)C=Cc1ccc(C=Cc2ccncc2)cc1. The molecular weight excluding hydrogens is 274 g/mol. The van der Waals surface area contributed by atoms with Crippen LogP contribution in [0.4, 0.5) is 0 Å². The van der Waals surface area contributed by atoms with Crippen molar-refractivity contribution in [3.63, 3.8) is 0 Å². The number of aromatic nitrogens is 1. The van der Waals surface area contributed by atoms with E-state index >= 15 is 0 Å². The molecule has 0 spiro atoms. The van der Waals surface area contributed by atoms with Gasteiger partial charge in [0.05, 0.1) is 6.61 Å². The van der Waals surface area contributed by atoms with E-state index in [0.29, 0.717) is 6.61 Å². The molecule has 0 saturated heterocycles. The molecule has 0 saturated carbocycles. The van der Waals surface area contributed by atoms with Crippen molar-refractivity contribution in [2.45, 2.75) is 13.3 Å². The summed E-state index contributed by atoms with van der Waals surface area (Å²) in [4.78, 5) is 15.4. The average molecular weight is 293 g/mol. The first-order valence-electron chi connectivity index (χ1n) is 7.31. The van der Waals surface area contributed by atoms with Crippen LogP contribution in [0.2, 0.25) is 0 Å². The zero-order chi connectivity index (χ0) is 15.6. The van der Waals surface area contributed by atoms with E-state index < -0.39 is 0 Å². The number of pyridine rings is 1. The summed E-state index contributed by atoms with van der Waals surface area (Å²) in [6, 6.07) is 11.9. The maximum atomic E-state index is 11.4. The van der Waals surface area contributed by atoms with E-state index in [9.17, 15) is 4.79 Å². The van der Waals surface area contributed by atoms with Crippen LogP contribution in [0.15, 0.2) is 54.9 Å². The molecule has 3 nitrogen and oxygen atoms in total. The van der Waals surface area contributed by atoms with Crippen molar-refractivity contribution < 1.29 is 9.53 Å². The van der Waals surface area contributed by atoms with Gasteiger partial charge >= 0.3 is 5.97 Å². The fourth-order valence-electron chi connectivity index (χ4n) is 1.80. The third kappa shape index (κ3) is 5.37. The minimum atomic E-state index is -0.302. The molecule has 0 unspecified atom stereocenters. The van der Waals surface area contributed by atoms with Gasteiger partial charge in [0.25, 0.3) is 0 Å². The molecule has 2 rings (SSSR count). The Morgan fingerprint density at radius 2 is 1.50 bits per heavy atom. The van der Waals surface area contributed by atoms with Gasteiger partial charge in [0.1, 0.15) is 0 Å². The summed E-state index contributed by atoms with van der Waals surface area (Å²) in [5.41, 5.74) is 3.18. The van der Waals surface area contributed by atoms with Gasteiger partial charge in [-0.15, -0.1) is 0 Å². The van der Waals surface area contributed by atoms with Crippen LogP contribution in [0.3, 0.4) is 0 Å². The lowest BCUT2D eigenvalue weighted by Gasteiger charge is -1.98. The highest BCUT2D eigenvalue weighted by atomic mass is 16.5. The summed E-state index contributed by atoms with van der Waals surface area (Å²) in [6.07, 6.45) is 11.7. The maximum absolute atomic E-state index is 11.4.